The van der Waals surface area contributed by atoms with E-state index >= 15 is 0 Å². The van der Waals surface area contributed by atoms with Gasteiger partial charge in [-0.3, -0.25) is 4.79 Å². The molecule has 28 heavy (non-hydrogen) atoms. The highest BCUT2D eigenvalue weighted by Gasteiger charge is 2.35. The Morgan fingerprint density at radius 3 is 2.07 bits per heavy atom. The highest BCUT2D eigenvalue weighted by molar-refractivity contribution is 7.86. The van der Waals surface area contributed by atoms with Gasteiger partial charge in [-0.15, -0.1) is 0 Å². The van der Waals surface area contributed by atoms with Gasteiger partial charge in [0.05, 0.1) is 25.2 Å². The van der Waals surface area contributed by atoms with Gasteiger partial charge in [-0.25, -0.2) is 0 Å². The number of nitrogens with one attached hydrogen (secondary N) is 2. The van der Waals surface area contributed by atoms with E-state index < -0.39 is 10.2 Å². The molecule has 0 aromatic rings. The van der Waals surface area contributed by atoms with Crippen LogP contribution in [0.2, 0.25) is 0 Å². The Morgan fingerprint density at radius 1 is 0.893 bits per heavy atom. The predicted molar refractivity (Wildman–Crippen MR) is 110 cm³/mol. The molecule has 3 aliphatic heterocycles. The zero-order valence-corrected chi connectivity index (χ0v) is 18.5. The molecule has 1 unspecified atom stereocenters. The van der Waals surface area contributed by atoms with Crippen LogP contribution in [0.1, 0.15) is 65.2 Å². The van der Waals surface area contributed by atoms with Gasteiger partial charge in [0.15, 0.2) is 0 Å². The highest BCUT2D eigenvalue weighted by atomic mass is 32.2. The maximum atomic E-state index is 12.8. The number of carbonyl (C=O) groups is 1. The van der Waals surface area contributed by atoms with Gasteiger partial charge in [0.25, 0.3) is 10.2 Å². The van der Waals surface area contributed by atoms with E-state index in [-0.39, 0.29) is 11.8 Å². The summed E-state index contributed by atoms with van der Waals surface area (Å²) in [5.74, 6) is 0.0470. The molecule has 162 valence electrons. The summed E-state index contributed by atoms with van der Waals surface area (Å²) in [5, 5.41) is 3.12. The monoisotopic (exact) mass is 415 g/mol. The van der Waals surface area contributed by atoms with E-state index in [0.717, 1.165) is 32.4 Å². The van der Waals surface area contributed by atoms with Crippen LogP contribution >= 0.6 is 0 Å². The topological polar surface area (TPSA) is 74.2 Å². The molecule has 0 aromatic heterocycles. The molecule has 0 aromatic carbocycles. The molecular formula is C20H39N4O3S+. The predicted octanol–water partition coefficient (Wildman–Crippen LogP) is 0.391. The third-order valence-electron chi connectivity index (χ3n) is 7.05. The lowest BCUT2D eigenvalue weighted by atomic mass is 9.97. The summed E-state index contributed by atoms with van der Waals surface area (Å²) in [5.41, 5.74) is 0. The summed E-state index contributed by atoms with van der Waals surface area (Å²) in [4.78, 5) is 14.2. The number of hydrogen-bond acceptors (Lipinski definition) is 3. The molecule has 2 N–H and O–H groups in total. The Balaban J connectivity index is 1.41. The molecule has 0 bridgehead atoms. The second-order valence-corrected chi connectivity index (χ2v) is 10.9. The van der Waals surface area contributed by atoms with Crippen molar-refractivity contribution in [2.45, 2.75) is 77.3 Å². The average molecular weight is 416 g/mol. The van der Waals surface area contributed by atoms with Gasteiger partial charge in [0.2, 0.25) is 5.91 Å². The molecule has 1 amide bonds. The van der Waals surface area contributed by atoms with Crippen LogP contribution in [-0.4, -0.2) is 74.3 Å². The quantitative estimate of drug-likeness (QED) is 0.659. The summed E-state index contributed by atoms with van der Waals surface area (Å²) >= 11 is 0. The number of nitrogens with zero attached hydrogens (tertiary/aromatic N) is 2. The van der Waals surface area contributed by atoms with Crippen molar-refractivity contribution in [1.29, 1.82) is 0 Å². The minimum atomic E-state index is -3.35. The first-order valence-corrected chi connectivity index (χ1v) is 12.7. The zero-order valence-electron chi connectivity index (χ0n) is 17.7. The number of hydrogen-bond donors (Lipinski definition) is 2. The fourth-order valence-corrected chi connectivity index (χ4v) is 6.88. The second kappa shape index (κ2) is 9.87. The minimum absolute atomic E-state index is 0.0565. The van der Waals surface area contributed by atoms with Crippen molar-refractivity contribution < 1.29 is 18.1 Å². The molecule has 0 radical (unpaired) electrons. The number of piperidine rings is 3. The summed E-state index contributed by atoms with van der Waals surface area (Å²) in [6.45, 7) is 8.52. The fourth-order valence-electron chi connectivity index (χ4n) is 5.16. The number of carbonyl (C=O) groups excluding carboxylic acids is 1. The molecule has 3 rings (SSSR count). The van der Waals surface area contributed by atoms with Crippen LogP contribution in [-0.2, 0) is 15.0 Å². The van der Waals surface area contributed by atoms with Gasteiger partial charge in [0.1, 0.15) is 0 Å². The van der Waals surface area contributed by atoms with Gasteiger partial charge >= 0.3 is 0 Å². The van der Waals surface area contributed by atoms with Gasteiger partial charge in [0, 0.05) is 32.1 Å². The van der Waals surface area contributed by atoms with Crippen LogP contribution in [0.25, 0.3) is 0 Å². The molecular weight excluding hydrogens is 376 g/mol. The van der Waals surface area contributed by atoms with E-state index in [0.29, 0.717) is 51.1 Å². The molecule has 3 fully saturated rings. The van der Waals surface area contributed by atoms with Crippen molar-refractivity contribution in [1.82, 2.24) is 13.9 Å². The molecule has 0 aliphatic carbocycles. The Bertz CT molecular complexity index is 603. The highest BCUT2D eigenvalue weighted by Crippen LogP contribution is 2.23. The summed E-state index contributed by atoms with van der Waals surface area (Å²) < 4.78 is 28.8. The van der Waals surface area contributed by atoms with E-state index in [1.165, 1.54) is 19.3 Å². The molecule has 3 atom stereocenters. The van der Waals surface area contributed by atoms with Crippen LogP contribution in [0.3, 0.4) is 0 Å². The molecule has 0 spiro atoms. The Morgan fingerprint density at radius 2 is 1.46 bits per heavy atom. The zero-order chi connectivity index (χ0) is 20.1. The van der Waals surface area contributed by atoms with E-state index in [4.69, 9.17) is 0 Å². The Kier molecular flexibility index (Phi) is 7.75. The fraction of sp³-hybridized carbons (Fsp3) is 0.950. The first-order chi connectivity index (χ1) is 13.4. The first kappa shape index (κ1) is 22.0. The smallest absolute Gasteiger partial charge is 0.281 e. The van der Waals surface area contributed by atoms with Crippen molar-refractivity contribution in [2.75, 3.05) is 39.3 Å². The van der Waals surface area contributed by atoms with Crippen LogP contribution in [0.15, 0.2) is 0 Å². The van der Waals surface area contributed by atoms with Crippen molar-refractivity contribution in [3.63, 3.8) is 0 Å². The molecule has 7 nitrogen and oxygen atoms in total. The molecule has 3 heterocycles. The number of amides is 1. The SMILES string of the molecule is C[C@@H]1CCC[C@H](C)[NH+]1CCNC(=O)C1CCN(S(=O)(=O)N2CCCCC2)CC1. The second-order valence-electron chi connectivity index (χ2n) is 8.99. The normalized spacial score (nSPS) is 31.6. The molecule has 3 aliphatic rings. The standard InChI is InChI=1S/C20H38N4O3S/c1-17-7-6-8-18(2)24(17)16-11-21-20(25)19-9-14-23(15-10-19)28(26,27)22-12-4-3-5-13-22/h17-19H,3-16H2,1-2H3,(H,21,25)/p+1/t17-,18+. The van der Waals surface area contributed by atoms with Crippen molar-refractivity contribution in [3.8, 4) is 0 Å². The minimum Gasteiger partial charge on any atom is -0.350 e. The van der Waals surface area contributed by atoms with Crippen LogP contribution in [0.4, 0.5) is 0 Å². The summed E-state index contributed by atoms with van der Waals surface area (Å²) in [6, 6.07) is 1.34. The number of quaternary nitrogens is 1. The lowest BCUT2D eigenvalue weighted by molar-refractivity contribution is -0.950. The molecule has 3 saturated heterocycles. The number of rotatable bonds is 6. The maximum absolute atomic E-state index is 12.8. The molecule has 0 saturated carbocycles. The van der Waals surface area contributed by atoms with Gasteiger partial charge in [-0.05, 0) is 58.8 Å². The Labute approximate surface area is 171 Å². The summed E-state index contributed by atoms with van der Waals surface area (Å²) in [7, 11) is -3.35. The van der Waals surface area contributed by atoms with Gasteiger partial charge < -0.3 is 10.2 Å². The maximum Gasteiger partial charge on any atom is 0.281 e. The third kappa shape index (κ3) is 5.26. The lowest BCUT2D eigenvalue weighted by Crippen LogP contribution is -3.19. The van der Waals surface area contributed by atoms with Crippen molar-refractivity contribution in [2.24, 2.45) is 5.92 Å². The van der Waals surface area contributed by atoms with E-state index in [1.54, 1.807) is 13.5 Å². The third-order valence-corrected chi connectivity index (χ3v) is 9.08. The Hall–Kier alpha value is -0.700. The van der Waals surface area contributed by atoms with Crippen LogP contribution in [0, 0.1) is 5.92 Å². The van der Waals surface area contributed by atoms with Gasteiger partial charge in [-0.2, -0.15) is 17.0 Å². The first-order valence-electron chi connectivity index (χ1n) is 11.3. The number of likely N-dealkylation sites (tertiary alicyclic amines) is 1. The van der Waals surface area contributed by atoms with Gasteiger partial charge in [-0.1, -0.05) is 6.42 Å². The van der Waals surface area contributed by atoms with Crippen LogP contribution in [0.5, 0.6) is 0 Å². The largest absolute Gasteiger partial charge is 0.350 e. The summed E-state index contributed by atoms with van der Waals surface area (Å²) in [6.07, 6.45) is 8.14. The lowest BCUT2D eigenvalue weighted by Gasteiger charge is -2.36. The van der Waals surface area contributed by atoms with Crippen molar-refractivity contribution in [3.05, 3.63) is 0 Å². The van der Waals surface area contributed by atoms with E-state index in [9.17, 15) is 13.2 Å². The van der Waals surface area contributed by atoms with Crippen molar-refractivity contribution >= 4 is 16.1 Å². The molecule has 8 heteroatoms. The van der Waals surface area contributed by atoms with E-state index in [2.05, 4.69) is 19.2 Å². The average Bonchev–Trinajstić information content (AvgIpc) is 2.71. The van der Waals surface area contributed by atoms with E-state index in [1.807, 2.05) is 0 Å². The van der Waals surface area contributed by atoms with Crippen LogP contribution < -0.4 is 10.2 Å².